The summed E-state index contributed by atoms with van der Waals surface area (Å²) in [5.41, 5.74) is 15.1. The maximum Gasteiger partial charge on any atom is 0.0540 e. The average molecular weight is 894 g/mol. The highest BCUT2D eigenvalue weighted by molar-refractivity contribution is 6.29. The summed E-state index contributed by atoms with van der Waals surface area (Å²) in [7, 11) is 0. The third kappa shape index (κ3) is 5.91. The van der Waals surface area contributed by atoms with Gasteiger partial charge in [0.2, 0.25) is 0 Å². The Balaban J connectivity index is 0.911. The molecule has 0 aromatic heterocycles. The monoisotopic (exact) mass is 893 g/mol. The highest BCUT2D eigenvalue weighted by Crippen LogP contribution is 2.53. The molecular weight excluding hydrogens is 843 g/mol. The predicted molar refractivity (Wildman–Crippen MR) is 302 cm³/mol. The fourth-order valence-corrected chi connectivity index (χ4v) is 12.5. The molecule has 0 fully saturated rings. The van der Waals surface area contributed by atoms with Crippen LogP contribution in [0.15, 0.2) is 218 Å². The van der Waals surface area contributed by atoms with Crippen molar-refractivity contribution in [3.05, 3.63) is 235 Å². The second kappa shape index (κ2) is 14.9. The quantitative estimate of drug-likeness (QED) is 0.156. The van der Waals surface area contributed by atoms with E-state index in [4.69, 9.17) is 0 Å². The molecule has 0 bridgehead atoms. The molecule has 13 aromatic carbocycles. The van der Waals surface area contributed by atoms with Gasteiger partial charge < -0.3 is 4.90 Å². The number of hydrogen-bond donors (Lipinski definition) is 0. The van der Waals surface area contributed by atoms with Crippen LogP contribution in [0.25, 0.3) is 109 Å². The number of para-hydroxylation sites is 1. The lowest BCUT2D eigenvalue weighted by molar-refractivity contribution is 0.592. The summed E-state index contributed by atoms with van der Waals surface area (Å²) in [6, 6.07) is 82.3. The first-order valence-electron chi connectivity index (χ1n) is 24.8. The van der Waals surface area contributed by atoms with Gasteiger partial charge in [-0.2, -0.15) is 0 Å². The Morgan fingerprint density at radius 2 is 0.843 bits per heavy atom. The summed E-state index contributed by atoms with van der Waals surface area (Å²) in [6.07, 6.45) is 0. The van der Waals surface area contributed by atoms with E-state index in [1.54, 1.807) is 0 Å². The molecule has 70 heavy (non-hydrogen) atoms. The second-order valence-corrected chi connectivity index (χ2v) is 21.2. The molecule has 1 heteroatoms. The highest BCUT2D eigenvalue weighted by atomic mass is 15.1. The van der Waals surface area contributed by atoms with E-state index >= 15 is 0 Å². The second-order valence-electron chi connectivity index (χ2n) is 21.2. The van der Waals surface area contributed by atoms with E-state index in [2.05, 4.69) is 258 Å². The molecule has 0 radical (unpaired) electrons. The molecule has 0 unspecified atom stereocenters. The summed E-state index contributed by atoms with van der Waals surface area (Å²) < 4.78 is 0. The van der Waals surface area contributed by atoms with Crippen molar-refractivity contribution in [2.75, 3.05) is 4.90 Å². The molecule has 1 aliphatic rings. The Morgan fingerprint density at radius 3 is 1.56 bits per heavy atom. The summed E-state index contributed by atoms with van der Waals surface area (Å²) in [5, 5.41) is 18.1. The number of benzene rings is 13. The highest BCUT2D eigenvalue weighted by Gasteiger charge is 2.36. The molecule has 0 atom stereocenters. The third-order valence-corrected chi connectivity index (χ3v) is 15.9. The van der Waals surface area contributed by atoms with Gasteiger partial charge in [-0.05, 0) is 163 Å². The normalized spacial score (nSPS) is 13.3. The standard InChI is InChI=1S/C69H51N/c1-68(2,3)61-38-45(46-30-34-55-60-40-58-51-23-13-11-21-49(51)50-22-12-14-24-52(50)59(58)41-63(60)69(4,5)62(55)39-46)29-33-54(61)53-32-26-43-28-36-57-65(37-31-44-27-35-56(53)66(43)67(44)57)70(47-18-7-6-8-19-47)64-25-15-17-42-16-9-10-20-48(42)64/h6-41H,1-5H3. The van der Waals surface area contributed by atoms with Crippen LogP contribution in [0.2, 0.25) is 0 Å². The lowest BCUT2D eigenvalue weighted by Crippen LogP contribution is -2.15. The molecule has 0 saturated heterocycles. The molecular formula is C69H51N. The van der Waals surface area contributed by atoms with Crippen molar-refractivity contribution < 1.29 is 0 Å². The molecule has 0 N–H and O–H groups in total. The van der Waals surface area contributed by atoms with Gasteiger partial charge >= 0.3 is 0 Å². The fraction of sp³-hybridized carbons (Fsp3) is 0.101. The average Bonchev–Trinajstić information content (AvgIpc) is 3.61. The molecule has 0 amide bonds. The zero-order valence-electron chi connectivity index (χ0n) is 40.2. The Kier molecular flexibility index (Phi) is 8.66. The molecule has 1 nitrogen and oxygen atoms in total. The molecule has 1 aliphatic carbocycles. The van der Waals surface area contributed by atoms with Crippen LogP contribution >= 0.6 is 0 Å². The van der Waals surface area contributed by atoms with Crippen LogP contribution in [-0.2, 0) is 10.8 Å². The van der Waals surface area contributed by atoms with Gasteiger partial charge in [-0.25, -0.2) is 0 Å². The van der Waals surface area contributed by atoms with E-state index in [0.29, 0.717) is 0 Å². The minimum absolute atomic E-state index is 0.116. The first-order valence-corrected chi connectivity index (χ1v) is 24.8. The van der Waals surface area contributed by atoms with Crippen molar-refractivity contribution in [1.82, 2.24) is 0 Å². The molecule has 13 aromatic rings. The van der Waals surface area contributed by atoms with Crippen LogP contribution in [0.5, 0.6) is 0 Å². The van der Waals surface area contributed by atoms with Crippen LogP contribution in [0, 0.1) is 0 Å². The molecule has 0 aliphatic heterocycles. The molecule has 332 valence electrons. The van der Waals surface area contributed by atoms with Crippen LogP contribution in [0.4, 0.5) is 17.1 Å². The van der Waals surface area contributed by atoms with Gasteiger partial charge in [0.15, 0.2) is 0 Å². The summed E-state index contributed by atoms with van der Waals surface area (Å²) in [4.78, 5) is 2.45. The van der Waals surface area contributed by atoms with Crippen LogP contribution in [0.3, 0.4) is 0 Å². The van der Waals surface area contributed by atoms with Crippen molar-refractivity contribution >= 4 is 92.5 Å². The Bertz CT molecular complexity index is 4290. The van der Waals surface area contributed by atoms with Crippen LogP contribution < -0.4 is 4.90 Å². The van der Waals surface area contributed by atoms with E-state index in [-0.39, 0.29) is 10.8 Å². The van der Waals surface area contributed by atoms with E-state index in [1.807, 2.05) is 0 Å². The minimum Gasteiger partial charge on any atom is -0.309 e. The number of nitrogens with zero attached hydrogens (tertiary/aromatic N) is 1. The number of hydrogen-bond acceptors (Lipinski definition) is 1. The van der Waals surface area contributed by atoms with Gasteiger partial charge in [0, 0.05) is 21.9 Å². The van der Waals surface area contributed by atoms with Gasteiger partial charge in [-0.1, -0.05) is 211 Å². The van der Waals surface area contributed by atoms with Gasteiger partial charge in [0.25, 0.3) is 0 Å². The smallest absolute Gasteiger partial charge is 0.0540 e. The van der Waals surface area contributed by atoms with Crippen LogP contribution in [0.1, 0.15) is 51.3 Å². The topological polar surface area (TPSA) is 3.24 Å². The predicted octanol–water partition coefficient (Wildman–Crippen LogP) is 19.6. The lowest BCUT2D eigenvalue weighted by Gasteiger charge is -2.29. The summed E-state index contributed by atoms with van der Waals surface area (Å²) in [5.74, 6) is 0. The zero-order valence-corrected chi connectivity index (χ0v) is 40.2. The first-order chi connectivity index (χ1) is 34.1. The maximum absolute atomic E-state index is 2.51. The van der Waals surface area contributed by atoms with Gasteiger partial charge in [-0.3, -0.25) is 0 Å². The van der Waals surface area contributed by atoms with Crippen molar-refractivity contribution in [3.8, 4) is 33.4 Å². The Hall–Kier alpha value is -8.26. The summed E-state index contributed by atoms with van der Waals surface area (Å²) in [6.45, 7) is 11.9. The number of rotatable bonds is 5. The SMILES string of the molecule is CC(C)(C)c1cc(-c2ccc3c(c2)C(C)(C)c2cc4c5ccccc5c5ccccc5c4cc2-3)ccc1-c1ccc2ccc3c(N(c4ccccc4)c4cccc5ccccc45)ccc4ccc1c2c43. The maximum atomic E-state index is 2.51. The molecule has 0 saturated carbocycles. The number of anilines is 3. The summed E-state index contributed by atoms with van der Waals surface area (Å²) >= 11 is 0. The van der Waals surface area contributed by atoms with Crippen molar-refractivity contribution in [1.29, 1.82) is 0 Å². The van der Waals surface area contributed by atoms with Gasteiger partial charge in [0.05, 0.1) is 11.4 Å². The van der Waals surface area contributed by atoms with E-state index < -0.39 is 0 Å². The van der Waals surface area contributed by atoms with Gasteiger partial charge in [-0.15, -0.1) is 0 Å². The Labute approximate surface area is 409 Å². The van der Waals surface area contributed by atoms with Crippen LogP contribution in [-0.4, -0.2) is 0 Å². The van der Waals surface area contributed by atoms with Crippen molar-refractivity contribution in [3.63, 3.8) is 0 Å². The molecule has 0 heterocycles. The van der Waals surface area contributed by atoms with E-state index in [9.17, 15) is 0 Å². The van der Waals surface area contributed by atoms with E-state index in [0.717, 1.165) is 5.69 Å². The van der Waals surface area contributed by atoms with E-state index in [1.165, 1.54) is 137 Å². The van der Waals surface area contributed by atoms with Crippen molar-refractivity contribution in [2.24, 2.45) is 0 Å². The minimum atomic E-state index is -0.164. The zero-order chi connectivity index (χ0) is 47.0. The molecule has 14 rings (SSSR count). The first kappa shape index (κ1) is 40.8. The van der Waals surface area contributed by atoms with Crippen molar-refractivity contribution in [2.45, 2.75) is 45.4 Å². The molecule has 0 spiro atoms. The largest absolute Gasteiger partial charge is 0.309 e. The Morgan fingerprint density at radius 1 is 0.329 bits per heavy atom. The third-order valence-electron chi connectivity index (χ3n) is 15.9. The lowest BCUT2D eigenvalue weighted by atomic mass is 9.78. The van der Waals surface area contributed by atoms with Gasteiger partial charge in [0.1, 0.15) is 0 Å². The fourth-order valence-electron chi connectivity index (χ4n) is 12.5. The number of fused-ring (bicyclic) bond motifs is 10.